The lowest BCUT2D eigenvalue weighted by Gasteiger charge is -2.28. The predicted octanol–water partition coefficient (Wildman–Crippen LogP) is 0.129. The van der Waals surface area contributed by atoms with Crippen molar-refractivity contribution in [1.29, 1.82) is 0 Å². The van der Waals surface area contributed by atoms with Crippen LogP contribution in [0.3, 0.4) is 0 Å². The van der Waals surface area contributed by atoms with Gasteiger partial charge in [-0.05, 0) is 19.1 Å². The van der Waals surface area contributed by atoms with Gasteiger partial charge in [0.15, 0.2) is 0 Å². The summed E-state index contributed by atoms with van der Waals surface area (Å²) in [5.74, 6) is 0.104. The number of esters is 1. The molecule has 0 aliphatic carbocycles. The zero-order valence-electron chi connectivity index (χ0n) is 13.2. The maximum atomic E-state index is 12.5. The highest BCUT2D eigenvalue weighted by Crippen LogP contribution is 2.27. The summed E-state index contributed by atoms with van der Waals surface area (Å²) < 4.78 is 10.6. The predicted molar refractivity (Wildman–Crippen MR) is 81.6 cm³/mol. The van der Waals surface area contributed by atoms with Crippen molar-refractivity contribution >= 4 is 12.0 Å². The molecule has 1 saturated heterocycles. The van der Waals surface area contributed by atoms with Gasteiger partial charge in [0.2, 0.25) is 0 Å². The maximum absolute atomic E-state index is 12.5. The third-order valence-corrected chi connectivity index (χ3v) is 4.21. The van der Waals surface area contributed by atoms with Crippen LogP contribution in [0.1, 0.15) is 31.6 Å². The van der Waals surface area contributed by atoms with E-state index in [1.165, 1.54) is 24.0 Å². The van der Waals surface area contributed by atoms with Gasteiger partial charge in [-0.25, -0.2) is 9.59 Å². The van der Waals surface area contributed by atoms with Gasteiger partial charge < -0.3 is 24.7 Å². The molecule has 1 atom stereocenters. The van der Waals surface area contributed by atoms with Gasteiger partial charge in [0, 0.05) is 12.8 Å². The summed E-state index contributed by atoms with van der Waals surface area (Å²) in [6, 6.07) is 2.54. The molecule has 3 heterocycles. The van der Waals surface area contributed by atoms with Gasteiger partial charge in [0.05, 0.1) is 37.2 Å². The highest BCUT2D eigenvalue weighted by molar-refractivity contribution is 5.95. The van der Waals surface area contributed by atoms with Crippen LogP contribution in [0.15, 0.2) is 34.1 Å². The van der Waals surface area contributed by atoms with Crippen molar-refractivity contribution in [3.8, 4) is 0 Å². The van der Waals surface area contributed by atoms with E-state index >= 15 is 0 Å². The molecule has 2 aliphatic rings. The Balaban J connectivity index is 1.96. The molecule has 0 saturated carbocycles. The van der Waals surface area contributed by atoms with Gasteiger partial charge in [0.1, 0.15) is 18.3 Å². The highest BCUT2D eigenvalue weighted by Gasteiger charge is 2.36. The van der Waals surface area contributed by atoms with Crippen LogP contribution >= 0.6 is 0 Å². The molecule has 23 heavy (non-hydrogen) atoms. The van der Waals surface area contributed by atoms with Crippen molar-refractivity contribution in [2.75, 3.05) is 26.2 Å². The summed E-state index contributed by atoms with van der Waals surface area (Å²) >= 11 is 0. The summed E-state index contributed by atoms with van der Waals surface area (Å²) in [6.07, 6.45) is 3.87. The molecular formula is C16H22N3O4+. The number of hydrogen-bond acceptors (Lipinski definition) is 4. The molecule has 7 heteroatoms. The smallest absolute Gasteiger partial charge is 0.338 e. The second-order valence-corrected chi connectivity index (χ2v) is 5.79. The molecule has 0 aromatic carbocycles. The van der Waals surface area contributed by atoms with Gasteiger partial charge in [-0.3, -0.25) is 0 Å². The van der Waals surface area contributed by atoms with Gasteiger partial charge in [-0.1, -0.05) is 0 Å². The van der Waals surface area contributed by atoms with Gasteiger partial charge in [0.25, 0.3) is 0 Å². The first-order valence-corrected chi connectivity index (χ1v) is 8.03. The van der Waals surface area contributed by atoms with E-state index in [9.17, 15) is 9.59 Å². The second-order valence-electron chi connectivity index (χ2n) is 5.79. The summed E-state index contributed by atoms with van der Waals surface area (Å²) in [4.78, 5) is 25.9. The number of carbonyl (C=O) groups is 2. The SMILES string of the molecule is CCOC(=O)C1=C(C[NH+]2CCCC2)NC(=O)N[C@@H]1c1ccco1. The number of furan rings is 1. The number of likely N-dealkylation sites (tertiary alicyclic amines) is 1. The van der Waals surface area contributed by atoms with E-state index in [1.54, 1.807) is 19.1 Å². The number of amides is 2. The molecule has 7 nitrogen and oxygen atoms in total. The number of quaternary nitrogens is 1. The van der Waals surface area contributed by atoms with E-state index in [2.05, 4.69) is 10.6 Å². The van der Waals surface area contributed by atoms with Crippen LogP contribution in [-0.4, -0.2) is 38.2 Å². The lowest BCUT2D eigenvalue weighted by Crippen LogP contribution is -3.10. The third kappa shape index (κ3) is 3.39. The first kappa shape index (κ1) is 15.6. The average Bonchev–Trinajstić information content (AvgIpc) is 3.20. The minimum absolute atomic E-state index is 0.283. The normalized spacial score (nSPS) is 22.0. The molecule has 0 unspecified atom stereocenters. The molecule has 1 aromatic heterocycles. The van der Waals surface area contributed by atoms with Gasteiger partial charge in [-0.2, -0.15) is 0 Å². The molecule has 1 aromatic rings. The Bertz CT molecular complexity index is 603. The molecule has 0 radical (unpaired) electrons. The van der Waals surface area contributed by atoms with Crippen molar-refractivity contribution in [2.45, 2.75) is 25.8 Å². The summed E-state index contributed by atoms with van der Waals surface area (Å²) in [5.41, 5.74) is 1.06. The van der Waals surface area contributed by atoms with Gasteiger partial charge in [-0.15, -0.1) is 0 Å². The molecule has 1 fully saturated rings. The standard InChI is InChI=1S/C16H21N3O4/c1-2-22-15(20)13-11(10-19-7-3-4-8-19)17-16(21)18-14(13)12-6-5-9-23-12/h5-6,9,14H,2-4,7-8,10H2,1H3,(H2,17,18,21)/p+1/t14-/m1/s1. The Kier molecular flexibility index (Phi) is 4.66. The van der Waals surface area contributed by atoms with Crippen molar-refractivity contribution < 1.29 is 23.6 Å². The molecular weight excluding hydrogens is 298 g/mol. The Morgan fingerprint density at radius 3 is 2.87 bits per heavy atom. The topological polar surface area (TPSA) is 85.0 Å². The fraction of sp³-hybridized carbons (Fsp3) is 0.500. The lowest BCUT2D eigenvalue weighted by molar-refractivity contribution is -0.882. The third-order valence-electron chi connectivity index (χ3n) is 4.21. The number of carbonyl (C=O) groups excluding carboxylic acids is 2. The molecule has 0 bridgehead atoms. The fourth-order valence-corrected chi connectivity index (χ4v) is 3.18. The van der Waals surface area contributed by atoms with Crippen molar-refractivity contribution in [2.24, 2.45) is 0 Å². The number of nitrogens with one attached hydrogen (secondary N) is 3. The number of ether oxygens (including phenoxy) is 1. The summed E-state index contributed by atoms with van der Waals surface area (Å²) in [5, 5.41) is 5.54. The molecule has 2 aliphatic heterocycles. The van der Waals surface area contributed by atoms with Crippen molar-refractivity contribution in [1.82, 2.24) is 10.6 Å². The van der Waals surface area contributed by atoms with E-state index < -0.39 is 12.0 Å². The molecule has 2 amide bonds. The van der Waals surface area contributed by atoms with Gasteiger partial charge >= 0.3 is 12.0 Å². The van der Waals surface area contributed by atoms with Crippen LogP contribution < -0.4 is 15.5 Å². The van der Waals surface area contributed by atoms with Crippen LogP contribution in [0.5, 0.6) is 0 Å². The Hall–Kier alpha value is -2.28. The average molecular weight is 320 g/mol. The van der Waals surface area contributed by atoms with Crippen LogP contribution in [0, 0.1) is 0 Å². The zero-order chi connectivity index (χ0) is 16.2. The molecule has 3 N–H and O–H groups in total. The van der Waals surface area contributed by atoms with Crippen LogP contribution in [0.4, 0.5) is 4.79 Å². The van der Waals surface area contributed by atoms with E-state index in [4.69, 9.17) is 9.15 Å². The van der Waals surface area contributed by atoms with E-state index in [1.807, 2.05) is 0 Å². The van der Waals surface area contributed by atoms with Crippen LogP contribution in [-0.2, 0) is 9.53 Å². The number of rotatable bonds is 5. The van der Waals surface area contributed by atoms with E-state index in [0.717, 1.165) is 13.1 Å². The second kappa shape index (κ2) is 6.87. The minimum atomic E-state index is -0.616. The lowest BCUT2D eigenvalue weighted by atomic mass is 10.00. The van der Waals surface area contributed by atoms with Crippen LogP contribution in [0.25, 0.3) is 0 Å². The first-order valence-electron chi connectivity index (χ1n) is 8.03. The molecule has 0 spiro atoms. The fourth-order valence-electron chi connectivity index (χ4n) is 3.18. The molecule has 3 rings (SSSR count). The highest BCUT2D eigenvalue weighted by atomic mass is 16.5. The van der Waals surface area contributed by atoms with Crippen molar-refractivity contribution in [3.05, 3.63) is 35.4 Å². The van der Waals surface area contributed by atoms with Crippen LogP contribution in [0.2, 0.25) is 0 Å². The van der Waals surface area contributed by atoms with E-state index in [-0.39, 0.29) is 12.6 Å². The summed E-state index contributed by atoms with van der Waals surface area (Å²) in [7, 11) is 0. The van der Waals surface area contributed by atoms with E-state index in [0.29, 0.717) is 23.6 Å². The van der Waals surface area contributed by atoms with Crippen molar-refractivity contribution in [3.63, 3.8) is 0 Å². The maximum Gasteiger partial charge on any atom is 0.338 e. The largest absolute Gasteiger partial charge is 0.467 e. The first-order chi connectivity index (χ1) is 11.2. The number of urea groups is 1. The number of hydrogen-bond donors (Lipinski definition) is 3. The monoisotopic (exact) mass is 320 g/mol. The summed E-state index contributed by atoms with van der Waals surface area (Å²) in [6.45, 7) is 4.76. The quantitative estimate of drug-likeness (QED) is 0.673. The Morgan fingerprint density at radius 2 is 2.22 bits per heavy atom. The minimum Gasteiger partial charge on any atom is -0.467 e. The Labute approximate surface area is 134 Å². The Morgan fingerprint density at radius 1 is 1.43 bits per heavy atom. The zero-order valence-corrected chi connectivity index (χ0v) is 13.2. The molecule has 124 valence electrons.